The van der Waals surface area contributed by atoms with Crippen molar-refractivity contribution in [3.63, 3.8) is 0 Å². The Bertz CT molecular complexity index is 1360. The molecule has 4 aromatic rings. The van der Waals surface area contributed by atoms with E-state index in [1.54, 1.807) is 28.9 Å². The third-order valence-electron chi connectivity index (χ3n) is 5.79. The number of nitrogens with zero attached hydrogens (tertiary/aromatic N) is 2. The molecule has 0 saturated heterocycles. The van der Waals surface area contributed by atoms with Crippen LogP contribution in [0, 0.1) is 0 Å². The molecule has 0 radical (unpaired) electrons. The first-order valence-corrected chi connectivity index (χ1v) is 11.6. The number of carboxylic acids is 1. The van der Waals surface area contributed by atoms with Gasteiger partial charge >= 0.3 is 12.1 Å². The first-order chi connectivity index (χ1) is 17.7. The van der Waals surface area contributed by atoms with Gasteiger partial charge in [0.1, 0.15) is 0 Å². The summed E-state index contributed by atoms with van der Waals surface area (Å²) in [4.78, 5) is 23.6. The van der Waals surface area contributed by atoms with Gasteiger partial charge in [-0.05, 0) is 47.4 Å². The van der Waals surface area contributed by atoms with Crippen molar-refractivity contribution in [3.05, 3.63) is 113 Å². The Balaban J connectivity index is 1.40. The smallest absolute Gasteiger partial charge is 0.416 e. The zero-order valence-corrected chi connectivity index (χ0v) is 19.7. The van der Waals surface area contributed by atoms with Gasteiger partial charge < -0.3 is 10.4 Å². The summed E-state index contributed by atoms with van der Waals surface area (Å²) in [7, 11) is 0. The molecule has 0 fully saturated rings. The zero-order valence-electron chi connectivity index (χ0n) is 19.7. The summed E-state index contributed by atoms with van der Waals surface area (Å²) in [6, 6.07) is 21.1. The molecule has 1 heterocycles. The lowest BCUT2D eigenvalue weighted by Gasteiger charge is -2.09. The molecule has 0 spiro atoms. The van der Waals surface area contributed by atoms with Gasteiger partial charge in [0.15, 0.2) is 0 Å². The number of aryl methyl sites for hydroxylation is 1. The highest BCUT2D eigenvalue weighted by Crippen LogP contribution is 2.29. The van der Waals surface area contributed by atoms with Gasteiger partial charge in [-0.25, -0.2) is 0 Å². The second-order valence-electron chi connectivity index (χ2n) is 8.53. The van der Waals surface area contributed by atoms with Crippen LogP contribution in [0.2, 0.25) is 0 Å². The number of carbonyl (C=O) groups is 2. The molecule has 9 heteroatoms. The maximum Gasteiger partial charge on any atom is 0.416 e. The average molecular weight is 508 g/mol. The lowest BCUT2D eigenvalue weighted by Crippen LogP contribution is -2.22. The fourth-order valence-electron chi connectivity index (χ4n) is 3.85. The van der Waals surface area contributed by atoms with Crippen molar-refractivity contribution in [2.24, 2.45) is 0 Å². The number of aliphatic carboxylic acids is 1. The van der Waals surface area contributed by atoms with Crippen molar-refractivity contribution in [1.29, 1.82) is 0 Å². The molecule has 2 N–H and O–H groups in total. The van der Waals surface area contributed by atoms with Gasteiger partial charge in [0.2, 0.25) is 0 Å². The molecule has 3 aromatic carbocycles. The molecule has 0 aliphatic rings. The van der Waals surface area contributed by atoms with Crippen LogP contribution < -0.4 is 5.32 Å². The van der Waals surface area contributed by atoms with Gasteiger partial charge in [0, 0.05) is 30.3 Å². The molecule has 190 valence electrons. The Morgan fingerprint density at radius 2 is 1.54 bits per heavy atom. The lowest BCUT2D eigenvalue weighted by molar-refractivity contribution is -0.138. The maximum absolute atomic E-state index is 12.7. The minimum Gasteiger partial charge on any atom is -0.481 e. The van der Waals surface area contributed by atoms with Crippen LogP contribution in [0.5, 0.6) is 0 Å². The lowest BCUT2D eigenvalue weighted by atomic mass is 10.0. The van der Waals surface area contributed by atoms with Crippen LogP contribution >= 0.6 is 0 Å². The van der Waals surface area contributed by atoms with E-state index < -0.39 is 17.7 Å². The topological polar surface area (TPSA) is 84.2 Å². The highest BCUT2D eigenvalue weighted by atomic mass is 19.4. The fraction of sp³-hybridized carbons (Fsp3) is 0.179. The van der Waals surface area contributed by atoms with Gasteiger partial charge in [-0.1, -0.05) is 54.6 Å². The van der Waals surface area contributed by atoms with Gasteiger partial charge in [0.25, 0.3) is 5.91 Å². The molecule has 1 amide bonds. The van der Waals surface area contributed by atoms with Crippen LogP contribution in [0.3, 0.4) is 0 Å². The van der Waals surface area contributed by atoms with Crippen molar-refractivity contribution in [2.45, 2.75) is 32.1 Å². The van der Waals surface area contributed by atoms with Gasteiger partial charge in [-0.15, -0.1) is 0 Å². The Morgan fingerprint density at radius 3 is 2.16 bits per heavy atom. The number of rotatable bonds is 9. The van der Waals surface area contributed by atoms with Crippen LogP contribution in [-0.2, 0) is 30.5 Å². The average Bonchev–Trinajstić information content (AvgIpc) is 3.29. The van der Waals surface area contributed by atoms with E-state index in [0.717, 1.165) is 34.5 Å². The number of amides is 1. The van der Waals surface area contributed by atoms with E-state index in [1.807, 2.05) is 36.5 Å². The van der Waals surface area contributed by atoms with Crippen LogP contribution in [0.25, 0.3) is 11.3 Å². The molecular formula is C28H24F3N3O3. The van der Waals surface area contributed by atoms with E-state index in [4.69, 9.17) is 5.11 Å². The highest BCUT2D eigenvalue weighted by molar-refractivity contribution is 5.94. The predicted molar refractivity (Wildman–Crippen MR) is 132 cm³/mol. The number of benzene rings is 3. The monoisotopic (exact) mass is 507 g/mol. The third-order valence-corrected chi connectivity index (χ3v) is 5.79. The largest absolute Gasteiger partial charge is 0.481 e. The van der Waals surface area contributed by atoms with E-state index in [0.29, 0.717) is 24.1 Å². The summed E-state index contributed by atoms with van der Waals surface area (Å²) >= 11 is 0. The Kier molecular flexibility index (Phi) is 7.71. The number of aromatic nitrogens is 2. The summed E-state index contributed by atoms with van der Waals surface area (Å²) in [5.41, 5.74) is 3.62. The number of hydrogen-bond donors (Lipinski definition) is 2. The number of carbonyl (C=O) groups excluding carboxylic acids is 1. The predicted octanol–water partition coefficient (Wildman–Crippen LogP) is 5.56. The van der Waals surface area contributed by atoms with E-state index in [-0.39, 0.29) is 18.9 Å². The molecule has 1 aromatic heterocycles. The first-order valence-electron chi connectivity index (χ1n) is 11.6. The summed E-state index contributed by atoms with van der Waals surface area (Å²) < 4.78 is 39.8. The zero-order chi connectivity index (χ0) is 26.4. The second-order valence-corrected chi connectivity index (χ2v) is 8.53. The van der Waals surface area contributed by atoms with Crippen LogP contribution in [0.4, 0.5) is 13.2 Å². The summed E-state index contributed by atoms with van der Waals surface area (Å²) in [6.45, 7) is 0.535. The Hall–Kier alpha value is -4.40. The van der Waals surface area contributed by atoms with Crippen LogP contribution in [0.15, 0.2) is 85.1 Å². The van der Waals surface area contributed by atoms with Crippen molar-refractivity contribution >= 4 is 11.9 Å². The Morgan fingerprint density at radius 1 is 0.892 bits per heavy atom. The van der Waals surface area contributed by atoms with Crippen molar-refractivity contribution < 1.29 is 27.9 Å². The minimum absolute atomic E-state index is 0.00179. The fourth-order valence-corrected chi connectivity index (χ4v) is 3.85. The molecule has 0 aliphatic carbocycles. The normalized spacial score (nSPS) is 11.3. The number of nitrogens with one attached hydrogen (secondary N) is 1. The molecule has 0 atom stereocenters. The minimum atomic E-state index is -4.40. The third kappa shape index (κ3) is 6.84. The molecule has 4 rings (SSSR count). The molecular weight excluding hydrogens is 483 g/mol. The maximum atomic E-state index is 12.7. The van der Waals surface area contributed by atoms with Crippen LogP contribution in [0.1, 0.15) is 39.0 Å². The molecule has 0 bridgehead atoms. The SMILES string of the molecule is O=C(O)CCc1cn(Cc2ccc(C(=O)NCc3ccc(C(F)(F)F)cc3)cc2)nc1-c1ccccc1. The van der Waals surface area contributed by atoms with E-state index >= 15 is 0 Å². The van der Waals surface area contributed by atoms with Crippen LogP contribution in [-0.4, -0.2) is 26.8 Å². The van der Waals surface area contributed by atoms with Crippen molar-refractivity contribution in [2.75, 3.05) is 0 Å². The van der Waals surface area contributed by atoms with E-state index in [2.05, 4.69) is 10.4 Å². The van der Waals surface area contributed by atoms with Gasteiger partial charge in [0.05, 0.1) is 17.8 Å². The molecule has 0 unspecified atom stereocenters. The molecule has 0 aliphatic heterocycles. The number of hydrogen-bond acceptors (Lipinski definition) is 3. The van der Waals surface area contributed by atoms with Crippen molar-refractivity contribution in [3.8, 4) is 11.3 Å². The summed E-state index contributed by atoms with van der Waals surface area (Å²) in [6.07, 6.45) is -2.20. The van der Waals surface area contributed by atoms with E-state index in [9.17, 15) is 22.8 Å². The number of carboxylic acid groups (broad SMARTS) is 1. The quantitative estimate of drug-likeness (QED) is 0.311. The molecule has 6 nitrogen and oxygen atoms in total. The Labute approximate surface area is 211 Å². The van der Waals surface area contributed by atoms with Crippen molar-refractivity contribution in [1.82, 2.24) is 15.1 Å². The number of alkyl halides is 3. The molecule has 37 heavy (non-hydrogen) atoms. The second kappa shape index (κ2) is 11.1. The first kappa shape index (κ1) is 25.7. The summed E-state index contributed by atoms with van der Waals surface area (Å²) in [5.74, 6) is -1.22. The van der Waals surface area contributed by atoms with Gasteiger partial charge in [-0.3, -0.25) is 14.3 Å². The summed E-state index contributed by atoms with van der Waals surface area (Å²) in [5, 5.41) is 16.5. The number of halogens is 3. The highest BCUT2D eigenvalue weighted by Gasteiger charge is 2.29. The van der Waals surface area contributed by atoms with E-state index in [1.165, 1.54) is 12.1 Å². The van der Waals surface area contributed by atoms with Gasteiger partial charge in [-0.2, -0.15) is 18.3 Å². The molecule has 0 saturated carbocycles. The standard InChI is InChI=1S/C28H24F3N3O3/c29-28(30,31)24-13-8-19(9-14-24)16-32-27(37)22-10-6-20(7-11-22)17-34-18-23(12-15-25(35)36)26(33-34)21-4-2-1-3-5-21/h1-11,13-14,18H,12,15-17H2,(H,32,37)(H,35,36).